The molecule has 0 saturated carbocycles. The monoisotopic (exact) mass is 333 g/mol. The smallest absolute Gasteiger partial charge is 0.260 e. The number of halogens is 1. The largest absolute Gasteiger partial charge is 0.496 e. The predicted octanol–water partition coefficient (Wildman–Crippen LogP) is 3.95. The molecule has 0 aliphatic rings. The number of hydrogen-bond acceptors (Lipinski definition) is 3. The molecule has 23 heavy (non-hydrogen) atoms. The first-order valence-electron chi connectivity index (χ1n) is 7.30. The summed E-state index contributed by atoms with van der Waals surface area (Å²) in [6.07, 6.45) is 0. The molecular weight excluding hydrogens is 314 g/mol. The second kappa shape index (κ2) is 7.88. The van der Waals surface area contributed by atoms with E-state index in [1.165, 1.54) is 0 Å². The van der Waals surface area contributed by atoms with Gasteiger partial charge in [0, 0.05) is 12.6 Å². The van der Waals surface area contributed by atoms with Crippen LogP contribution in [0.15, 0.2) is 48.5 Å². The van der Waals surface area contributed by atoms with Gasteiger partial charge in [-0.15, -0.1) is 0 Å². The van der Waals surface area contributed by atoms with Gasteiger partial charge in [-0.1, -0.05) is 41.9 Å². The SMILES string of the molecule is COc1ccccc1C(C)N(C)C(=O)COc1ccccc1Cl. The van der Waals surface area contributed by atoms with Crippen molar-refractivity contribution >= 4 is 17.5 Å². The van der Waals surface area contributed by atoms with Crippen LogP contribution in [0.1, 0.15) is 18.5 Å². The summed E-state index contributed by atoms with van der Waals surface area (Å²) in [4.78, 5) is 14.0. The Kier molecular flexibility index (Phi) is 5.88. The average molecular weight is 334 g/mol. The van der Waals surface area contributed by atoms with Crippen LogP contribution in [-0.4, -0.2) is 31.6 Å². The lowest BCUT2D eigenvalue weighted by Gasteiger charge is -2.26. The van der Waals surface area contributed by atoms with Crippen molar-refractivity contribution in [1.82, 2.24) is 4.90 Å². The van der Waals surface area contributed by atoms with Crippen LogP contribution in [0, 0.1) is 0 Å². The van der Waals surface area contributed by atoms with Gasteiger partial charge in [0.2, 0.25) is 0 Å². The molecule has 0 N–H and O–H groups in total. The average Bonchev–Trinajstić information content (AvgIpc) is 2.59. The number of ether oxygens (including phenoxy) is 2. The molecule has 122 valence electrons. The molecular formula is C18H20ClNO3. The molecule has 2 aromatic carbocycles. The first-order valence-corrected chi connectivity index (χ1v) is 7.68. The summed E-state index contributed by atoms with van der Waals surface area (Å²) in [5, 5.41) is 0.487. The van der Waals surface area contributed by atoms with Crippen LogP contribution in [-0.2, 0) is 4.79 Å². The molecule has 1 atom stereocenters. The predicted molar refractivity (Wildman–Crippen MR) is 91.1 cm³/mol. The molecule has 5 heteroatoms. The van der Waals surface area contributed by atoms with E-state index in [0.29, 0.717) is 10.8 Å². The second-order valence-corrected chi connectivity index (χ2v) is 5.55. The first kappa shape index (κ1) is 17.2. The van der Waals surface area contributed by atoms with Crippen LogP contribution in [0.4, 0.5) is 0 Å². The maximum atomic E-state index is 12.4. The highest BCUT2D eigenvalue weighted by atomic mass is 35.5. The molecule has 4 nitrogen and oxygen atoms in total. The third-order valence-electron chi connectivity index (χ3n) is 3.75. The van der Waals surface area contributed by atoms with Gasteiger partial charge in [-0.05, 0) is 25.1 Å². The highest BCUT2D eigenvalue weighted by Crippen LogP contribution is 2.28. The van der Waals surface area contributed by atoms with Gasteiger partial charge in [-0.2, -0.15) is 0 Å². The number of nitrogens with zero attached hydrogens (tertiary/aromatic N) is 1. The summed E-state index contributed by atoms with van der Waals surface area (Å²) in [7, 11) is 3.36. The normalized spacial score (nSPS) is 11.7. The summed E-state index contributed by atoms with van der Waals surface area (Å²) >= 11 is 6.02. The van der Waals surface area contributed by atoms with Crippen molar-refractivity contribution in [2.24, 2.45) is 0 Å². The fourth-order valence-corrected chi connectivity index (χ4v) is 2.43. The van der Waals surface area contributed by atoms with Crippen molar-refractivity contribution in [3.8, 4) is 11.5 Å². The van der Waals surface area contributed by atoms with E-state index in [2.05, 4.69) is 0 Å². The van der Waals surface area contributed by atoms with Crippen molar-refractivity contribution < 1.29 is 14.3 Å². The Morgan fingerprint density at radius 3 is 2.39 bits per heavy atom. The van der Waals surface area contributed by atoms with E-state index in [-0.39, 0.29) is 18.6 Å². The molecule has 1 unspecified atom stereocenters. The number of hydrogen-bond donors (Lipinski definition) is 0. The van der Waals surface area contributed by atoms with Crippen LogP contribution in [0.2, 0.25) is 5.02 Å². The number of likely N-dealkylation sites (N-methyl/N-ethyl adjacent to an activating group) is 1. The quantitative estimate of drug-likeness (QED) is 0.803. The summed E-state index contributed by atoms with van der Waals surface area (Å²) in [5.41, 5.74) is 0.948. The van der Waals surface area contributed by atoms with Crippen molar-refractivity contribution in [2.75, 3.05) is 20.8 Å². The van der Waals surface area contributed by atoms with Crippen molar-refractivity contribution in [3.63, 3.8) is 0 Å². The molecule has 0 fully saturated rings. The molecule has 0 bridgehead atoms. The lowest BCUT2D eigenvalue weighted by atomic mass is 10.1. The van der Waals surface area contributed by atoms with E-state index in [0.717, 1.165) is 11.3 Å². The van der Waals surface area contributed by atoms with Crippen LogP contribution >= 0.6 is 11.6 Å². The van der Waals surface area contributed by atoms with Gasteiger partial charge in [0.05, 0.1) is 18.2 Å². The van der Waals surface area contributed by atoms with Crippen molar-refractivity contribution in [2.45, 2.75) is 13.0 Å². The topological polar surface area (TPSA) is 38.8 Å². The Bertz CT molecular complexity index is 675. The van der Waals surface area contributed by atoms with E-state index < -0.39 is 0 Å². The van der Waals surface area contributed by atoms with E-state index in [1.807, 2.05) is 43.3 Å². The number of carbonyl (C=O) groups excluding carboxylic acids is 1. The molecule has 0 spiro atoms. The Morgan fingerprint density at radius 1 is 1.13 bits per heavy atom. The van der Waals surface area contributed by atoms with E-state index >= 15 is 0 Å². The van der Waals surface area contributed by atoms with Gasteiger partial charge >= 0.3 is 0 Å². The zero-order valence-corrected chi connectivity index (χ0v) is 14.2. The molecule has 0 heterocycles. The minimum absolute atomic E-state index is 0.0697. The summed E-state index contributed by atoms with van der Waals surface area (Å²) in [6.45, 7) is 1.88. The third-order valence-corrected chi connectivity index (χ3v) is 4.06. The van der Waals surface area contributed by atoms with E-state index in [9.17, 15) is 4.79 Å². The highest BCUT2D eigenvalue weighted by Gasteiger charge is 2.20. The molecule has 2 rings (SSSR count). The summed E-state index contributed by atoms with van der Waals surface area (Å²) in [6, 6.07) is 14.6. The number of amides is 1. The fourth-order valence-electron chi connectivity index (χ4n) is 2.24. The Morgan fingerprint density at radius 2 is 1.74 bits per heavy atom. The second-order valence-electron chi connectivity index (χ2n) is 5.14. The Labute approximate surface area is 141 Å². The van der Waals surface area contributed by atoms with Gasteiger partial charge in [0.15, 0.2) is 6.61 Å². The van der Waals surface area contributed by atoms with Crippen molar-refractivity contribution in [1.29, 1.82) is 0 Å². The maximum absolute atomic E-state index is 12.4. The Hall–Kier alpha value is -2.20. The minimum atomic E-state index is -0.136. The first-order chi connectivity index (χ1) is 11.0. The number of methoxy groups -OCH3 is 1. The molecule has 1 amide bonds. The van der Waals surface area contributed by atoms with Gasteiger partial charge in [-0.3, -0.25) is 4.79 Å². The molecule has 0 aliphatic heterocycles. The zero-order valence-electron chi connectivity index (χ0n) is 13.5. The highest BCUT2D eigenvalue weighted by molar-refractivity contribution is 6.32. The molecule has 0 aromatic heterocycles. The maximum Gasteiger partial charge on any atom is 0.260 e. The standard InChI is InChI=1S/C18H20ClNO3/c1-13(14-8-4-6-10-16(14)22-3)20(2)18(21)12-23-17-11-7-5-9-15(17)19/h4-11,13H,12H2,1-3H3. The van der Waals surface area contributed by atoms with Gasteiger partial charge < -0.3 is 14.4 Å². The van der Waals surface area contributed by atoms with Gasteiger partial charge in [-0.25, -0.2) is 0 Å². The lowest BCUT2D eigenvalue weighted by molar-refractivity contribution is -0.134. The third kappa shape index (κ3) is 4.17. The zero-order chi connectivity index (χ0) is 16.8. The molecule has 0 saturated heterocycles. The number of para-hydroxylation sites is 2. The molecule has 2 aromatic rings. The van der Waals surface area contributed by atoms with Gasteiger partial charge in [0.1, 0.15) is 11.5 Å². The van der Waals surface area contributed by atoms with E-state index in [4.69, 9.17) is 21.1 Å². The number of rotatable bonds is 6. The summed E-state index contributed by atoms with van der Waals surface area (Å²) in [5.74, 6) is 1.12. The summed E-state index contributed by atoms with van der Waals surface area (Å²) < 4.78 is 10.9. The van der Waals surface area contributed by atoms with Crippen LogP contribution in [0.5, 0.6) is 11.5 Å². The minimum Gasteiger partial charge on any atom is -0.496 e. The number of benzene rings is 2. The fraction of sp³-hybridized carbons (Fsp3) is 0.278. The molecule has 0 radical (unpaired) electrons. The number of carbonyl (C=O) groups is 1. The van der Waals surface area contributed by atoms with Gasteiger partial charge in [0.25, 0.3) is 5.91 Å². The van der Waals surface area contributed by atoms with E-state index in [1.54, 1.807) is 31.2 Å². The molecule has 0 aliphatic carbocycles. The van der Waals surface area contributed by atoms with Crippen molar-refractivity contribution in [3.05, 3.63) is 59.1 Å². The van der Waals surface area contributed by atoms with Crippen LogP contribution in [0.3, 0.4) is 0 Å². The lowest BCUT2D eigenvalue weighted by Crippen LogP contribution is -2.33. The van der Waals surface area contributed by atoms with Crippen LogP contribution in [0.25, 0.3) is 0 Å². The Balaban J connectivity index is 2.03. The van der Waals surface area contributed by atoms with Crippen LogP contribution < -0.4 is 9.47 Å².